The van der Waals surface area contributed by atoms with Gasteiger partial charge < -0.3 is 14.4 Å². The molecule has 2 heterocycles. The summed E-state index contributed by atoms with van der Waals surface area (Å²) in [7, 11) is 3.64. The van der Waals surface area contributed by atoms with Crippen LogP contribution in [0.25, 0.3) is 11.4 Å². The molecule has 2 aromatic heterocycles. The third kappa shape index (κ3) is 4.19. The molecule has 3 aliphatic carbocycles. The fourth-order valence-electron chi connectivity index (χ4n) is 5.08. The number of carbonyl (C=O) groups is 1. The summed E-state index contributed by atoms with van der Waals surface area (Å²) >= 11 is 0. The molecule has 5 rings (SSSR count). The number of aryl methyl sites for hydroxylation is 2. The number of amides is 1. The summed E-state index contributed by atoms with van der Waals surface area (Å²) in [5, 5.41) is 8.43. The zero-order valence-corrected chi connectivity index (χ0v) is 19.3. The van der Waals surface area contributed by atoms with Gasteiger partial charge in [0.2, 0.25) is 0 Å². The summed E-state index contributed by atoms with van der Waals surface area (Å²) < 4.78 is 13.5. The van der Waals surface area contributed by atoms with E-state index >= 15 is 0 Å². The van der Waals surface area contributed by atoms with E-state index in [1.165, 1.54) is 32.1 Å². The first-order valence-electron chi connectivity index (χ1n) is 11.9. The Morgan fingerprint density at radius 3 is 2.66 bits per heavy atom. The van der Waals surface area contributed by atoms with Gasteiger partial charge in [0, 0.05) is 20.1 Å². The van der Waals surface area contributed by atoms with Gasteiger partial charge in [-0.25, -0.2) is 14.5 Å². The van der Waals surface area contributed by atoms with E-state index in [0.717, 1.165) is 42.8 Å². The van der Waals surface area contributed by atoms with Crippen LogP contribution in [0.1, 0.15) is 69.2 Å². The maximum Gasteiger partial charge on any atom is 0.410 e. The standard InChI is InChI=1S/C24H33N5O3/c1-16-21(32-18-7-5-4-6-8-18)10-9-19(25-16)22-20(29(3)27-26-22)15-31-23(30)28(2)17-13-24(14-17)11-12-24/h9-10,17-18H,4-8,11-15H2,1-3H3. The van der Waals surface area contributed by atoms with E-state index in [1.807, 2.05) is 26.1 Å². The van der Waals surface area contributed by atoms with E-state index in [4.69, 9.17) is 14.5 Å². The van der Waals surface area contributed by atoms with Gasteiger partial charge in [0.15, 0.2) is 0 Å². The first-order chi connectivity index (χ1) is 15.4. The predicted molar refractivity (Wildman–Crippen MR) is 119 cm³/mol. The molecule has 3 aliphatic rings. The minimum absolute atomic E-state index is 0.112. The van der Waals surface area contributed by atoms with Crippen molar-refractivity contribution in [2.75, 3.05) is 7.05 Å². The normalized spacial score (nSPS) is 20.1. The summed E-state index contributed by atoms with van der Waals surface area (Å²) in [6.45, 7) is 2.07. The minimum Gasteiger partial charge on any atom is -0.489 e. The average molecular weight is 440 g/mol. The Kier molecular flexibility index (Phi) is 5.55. The van der Waals surface area contributed by atoms with Gasteiger partial charge in [0.05, 0.1) is 17.5 Å². The van der Waals surface area contributed by atoms with Crippen molar-refractivity contribution in [1.82, 2.24) is 24.9 Å². The minimum atomic E-state index is -0.294. The molecule has 0 aromatic carbocycles. The lowest BCUT2D eigenvalue weighted by Gasteiger charge is -2.41. The van der Waals surface area contributed by atoms with E-state index in [0.29, 0.717) is 22.8 Å². The quantitative estimate of drug-likeness (QED) is 0.663. The summed E-state index contributed by atoms with van der Waals surface area (Å²) in [6, 6.07) is 4.18. The van der Waals surface area contributed by atoms with Gasteiger partial charge in [-0.15, -0.1) is 5.10 Å². The van der Waals surface area contributed by atoms with Crippen LogP contribution in [0.3, 0.4) is 0 Å². The van der Waals surface area contributed by atoms with Crippen LogP contribution in [0.15, 0.2) is 12.1 Å². The Bertz CT molecular complexity index is 986. The highest BCUT2D eigenvalue weighted by Crippen LogP contribution is 2.61. The van der Waals surface area contributed by atoms with Crippen molar-refractivity contribution in [3.8, 4) is 17.1 Å². The van der Waals surface area contributed by atoms with Gasteiger partial charge in [-0.05, 0) is 75.8 Å². The average Bonchev–Trinajstić information content (AvgIpc) is 3.50. The molecule has 172 valence electrons. The molecule has 2 aromatic rings. The van der Waals surface area contributed by atoms with Crippen LogP contribution in [-0.2, 0) is 18.4 Å². The molecule has 0 aliphatic heterocycles. The summed E-state index contributed by atoms with van der Waals surface area (Å²) in [5.41, 5.74) is 3.46. The number of hydrogen-bond donors (Lipinski definition) is 0. The smallest absolute Gasteiger partial charge is 0.410 e. The fourth-order valence-corrected chi connectivity index (χ4v) is 5.08. The third-order valence-corrected chi connectivity index (χ3v) is 7.53. The molecule has 0 radical (unpaired) electrons. The molecule has 0 atom stereocenters. The van der Waals surface area contributed by atoms with Gasteiger partial charge in [-0.1, -0.05) is 11.6 Å². The van der Waals surface area contributed by atoms with Crippen molar-refractivity contribution in [2.24, 2.45) is 12.5 Å². The molecular formula is C24H33N5O3. The molecular weight excluding hydrogens is 406 g/mol. The Balaban J connectivity index is 1.24. The topological polar surface area (TPSA) is 82.4 Å². The first kappa shape index (κ1) is 21.2. The lowest BCUT2D eigenvalue weighted by Crippen LogP contribution is -2.46. The molecule has 0 bridgehead atoms. The SMILES string of the molecule is Cc1nc(-c2nnn(C)c2COC(=O)N(C)C2CC3(CC3)C2)ccc1OC1CCCCC1. The number of nitrogens with zero attached hydrogens (tertiary/aromatic N) is 5. The highest BCUT2D eigenvalue weighted by atomic mass is 16.6. The van der Waals surface area contributed by atoms with Gasteiger partial charge in [0.1, 0.15) is 23.7 Å². The largest absolute Gasteiger partial charge is 0.489 e. The van der Waals surface area contributed by atoms with E-state index in [-0.39, 0.29) is 18.8 Å². The maximum absolute atomic E-state index is 12.6. The second kappa shape index (κ2) is 8.37. The Labute approximate surface area is 189 Å². The lowest BCUT2D eigenvalue weighted by molar-refractivity contribution is 0.0492. The van der Waals surface area contributed by atoms with Gasteiger partial charge in [-0.3, -0.25) is 0 Å². The zero-order chi connectivity index (χ0) is 22.3. The van der Waals surface area contributed by atoms with Crippen molar-refractivity contribution in [2.45, 2.75) is 83.5 Å². The molecule has 3 saturated carbocycles. The van der Waals surface area contributed by atoms with E-state index < -0.39 is 0 Å². The molecule has 0 saturated heterocycles. The number of aromatic nitrogens is 4. The molecule has 8 heteroatoms. The van der Waals surface area contributed by atoms with Crippen LogP contribution in [0.2, 0.25) is 0 Å². The summed E-state index contributed by atoms with van der Waals surface area (Å²) in [4.78, 5) is 19.0. The molecule has 1 amide bonds. The highest BCUT2D eigenvalue weighted by molar-refractivity contribution is 5.68. The van der Waals surface area contributed by atoms with Gasteiger partial charge >= 0.3 is 6.09 Å². The monoisotopic (exact) mass is 439 g/mol. The number of ether oxygens (including phenoxy) is 2. The lowest BCUT2D eigenvalue weighted by atomic mass is 9.76. The molecule has 0 unspecified atom stereocenters. The second-order valence-corrected chi connectivity index (χ2v) is 9.89. The van der Waals surface area contributed by atoms with E-state index in [9.17, 15) is 4.79 Å². The van der Waals surface area contributed by atoms with Crippen LogP contribution in [0.5, 0.6) is 5.75 Å². The first-order valence-corrected chi connectivity index (χ1v) is 11.9. The number of carbonyl (C=O) groups excluding carboxylic acids is 1. The molecule has 0 N–H and O–H groups in total. The molecule has 3 fully saturated rings. The second-order valence-electron chi connectivity index (χ2n) is 9.89. The highest BCUT2D eigenvalue weighted by Gasteiger charge is 2.54. The zero-order valence-electron chi connectivity index (χ0n) is 19.3. The van der Waals surface area contributed by atoms with Crippen LogP contribution in [0, 0.1) is 12.3 Å². The van der Waals surface area contributed by atoms with Crippen LogP contribution in [0.4, 0.5) is 4.79 Å². The van der Waals surface area contributed by atoms with Crippen LogP contribution < -0.4 is 4.74 Å². The van der Waals surface area contributed by atoms with Gasteiger partial charge in [0.25, 0.3) is 0 Å². The maximum atomic E-state index is 12.6. The van der Waals surface area contributed by atoms with Crippen molar-refractivity contribution >= 4 is 6.09 Å². The predicted octanol–water partition coefficient (Wildman–Crippen LogP) is 4.41. The van der Waals surface area contributed by atoms with Crippen molar-refractivity contribution in [3.05, 3.63) is 23.5 Å². The molecule has 8 nitrogen and oxygen atoms in total. The number of rotatable bonds is 6. The number of pyridine rings is 1. The molecule has 1 spiro atoms. The molecule has 32 heavy (non-hydrogen) atoms. The Hall–Kier alpha value is -2.64. The van der Waals surface area contributed by atoms with Crippen molar-refractivity contribution in [3.63, 3.8) is 0 Å². The van der Waals surface area contributed by atoms with E-state index in [1.54, 1.807) is 16.6 Å². The fraction of sp³-hybridized carbons (Fsp3) is 0.667. The number of hydrogen-bond acceptors (Lipinski definition) is 6. The van der Waals surface area contributed by atoms with Crippen molar-refractivity contribution in [1.29, 1.82) is 0 Å². The van der Waals surface area contributed by atoms with Gasteiger partial charge in [-0.2, -0.15) is 0 Å². The summed E-state index contributed by atoms with van der Waals surface area (Å²) in [5.74, 6) is 0.827. The third-order valence-electron chi connectivity index (χ3n) is 7.53. The Morgan fingerprint density at radius 2 is 1.97 bits per heavy atom. The van der Waals surface area contributed by atoms with Crippen molar-refractivity contribution < 1.29 is 14.3 Å². The van der Waals surface area contributed by atoms with Crippen LogP contribution in [-0.4, -0.2) is 50.2 Å². The van der Waals surface area contributed by atoms with Crippen LogP contribution >= 0.6 is 0 Å². The van der Waals surface area contributed by atoms with E-state index in [2.05, 4.69) is 10.3 Å². The summed E-state index contributed by atoms with van der Waals surface area (Å²) in [6.07, 6.45) is 10.8. The Morgan fingerprint density at radius 1 is 1.22 bits per heavy atom.